The Bertz CT molecular complexity index is 310. The molecule has 0 bridgehead atoms. The number of primary amides is 1. The third-order valence-corrected chi connectivity index (χ3v) is 2.37. The first-order chi connectivity index (χ1) is 7.49. The number of amides is 2. The van der Waals surface area contributed by atoms with Crippen molar-refractivity contribution in [2.45, 2.75) is 39.2 Å². The van der Waals surface area contributed by atoms with Crippen molar-refractivity contribution >= 4 is 11.8 Å². The molecule has 2 amide bonds. The molecule has 0 aromatic heterocycles. The number of nitrogens with one attached hydrogen (secondary N) is 2. The van der Waals surface area contributed by atoms with Crippen LogP contribution in [0.15, 0.2) is 11.9 Å². The molecule has 0 aromatic carbocycles. The third kappa shape index (κ3) is 3.92. The lowest BCUT2D eigenvalue weighted by atomic mass is 10.0. The van der Waals surface area contributed by atoms with Crippen LogP contribution in [0.2, 0.25) is 0 Å². The van der Waals surface area contributed by atoms with Gasteiger partial charge in [-0.3, -0.25) is 9.59 Å². The molecule has 1 aliphatic rings. The Morgan fingerprint density at radius 3 is 2.75 bits per heavy atom. The van der Waals surface area contributed by atoms with Crippen LogP contribution in [0.25, 0.3) is 0 Å². The number of hydrogen-bond acceptors (Lipinski definition) is 3. The van der Waals surface area contributed by atoms with Crippen LogP contribution in [0.5, 0.6) is 0 Å². The van der Waals surface area contributed by atoms with E-state index in [-0.39, 0.29) is 24.3 Å². The maximum atomic E-state index is 11.6. The minimum atomic E-state index is -0.383. The van der Waals surface area contributed by atoms with Crippen molar-refractivity contribution in [2.24, 2.45) is 11.7 Å². The molecule has 1 atom stereocenters. The molecule has 0 fully saturated rings. The van der Waals surface area contributed by atoms with Crippen molar-refractivity contribution in [3.8, 4) is 0 Å². The summed E-state index contributed by atoms with van der Waals surface area (Å²) in [4.78, 5) is 22.2. The fourth-order valence-corrected chi connectivity index (χ4v) is 1.61. The summed E-state index contributed by atoms with van der Waals surface area (Å²) in [6.45, 7) is 4.18. The number of rotatable bonds is 5. The highest BCUT2D eigenvalue weighted by molar-refractivity contribution is 5.85. The summed E-state index contributed by atoms with van der Waals surface area (Å²) in [5.41, 5.74) is 5.93. The number of hydrogen-bond donors (Lipinski definition) is 3. The molecule has 90 valence electrons. The van der Waals surface area contributed by atoms with Crippen molar-refractivity contribution in [3.63, 3.8) is 0 Å². The molecule has 1 rings (SSSR count). The van der Waals surface area contributed by atoms with Crippen LogP contribution in [-0.2, 0) is 9.59 Å². The first kappa shape index (κ1) is 12.5. The molecular weight excluding hydrogens is 206 g/mol. The first-order valence-electron chi connectivity index (χ1n) is 5.53. The van der Waals surface area contributed by atoms with E-state index < -0.39 is 0 Å². The zero-order valence-corrected chi connectivity index (χ0v) is 9.75. The summed E-state index contributed by atoms with van der Waals surface area (Å²) in [5, 5.41) is 5.83. The molecule has 4 N–H and O–H groups in total. The Labute approximate surface area is 95.5 Å². The van der Waals surface area contributed by atoms with Gasteiger partial charge in [-0.1, -0.05) is 13.8 Å². The van der Waals surface area contributed by atoms with E-state index in [1.807, 2.05) is 6.20 Å². The molecule has 16 heavy (non-hydrogen) atoms. The Morgan fingerprint density at radius 1 is 1.56 bits per heavy atom. The molecule has 5 heteroatoms. The fourth-order valence-electron chi connectivity index (χ4n) is 1.61. The Morgan fingerprint density at radius 2 is 2.25 bits per heavy atom. The topological polar surface area (TPSA) is 84.2 Å². The van der Waals surface area contributed by atoms with Crippen molar-refractivity contribution in [3.05, 3.63) is 11.9 Å². The van der Waals surface area contributed by atoms with E-state index >= 15 is 0 Å². The standard InChI is InChI=1S/C11H19N3O2/c1-7(2)5-8-6-13-9(11(16)14-8)3-4-10(12)15/h6-7,9,13H,3-5H2,1-2H3,(H2,12,15)(H,14,16)/t9-/m0/s1. The summed E-state index contributed by atoms with van der Waals surface area (Å²) in [6.07, 6.45) is 3.30. The lowest BCUT2D eigenvalue weighted by Crippen LogP contribution is -2.46. The second-order valence-corrected chi connectivity index (χ2v) is 4.48. The second kappa shape index (κ2) is 5.53. The largest absolute Gasteiger partial charge is 0.378 e. The van der Waals surface area contributed by atoms with Crippen LogP contribution in [0.4, 0.5) is 0 Å². The van der Waals surface area contributed by atoms with Crippen LogP contribution in [-0.4, -0.2) is 17.9 Å². The van der Waals surface area contributed by atoms with Gasteiger partial charge in [0.25, 0.3) is 0 Å². The summed E-state index contributed by atoms with van der Waals surface area (Å²) in [5.74, 6) is 0.0291. The van der Waals surface area contributed by atoms with Gasteiger partial charge in [-0.25, -0.2) is 0 Å². The summed E-state index contributed by atoms with van der Waals surface area (Å²) < 4.78 is 0. The quantitative estimate of drug-likeness (QED) is 0.626. The minimum Gasteiger partial charge on any atom is -0.378 e. The Hall–Kier alpha value is -1.52. The molecule has 0 saturated carbocycles. The lowest BCUT2D eigenvalue weighted by Gasteiger charge is -2.24. The van der Waals surface area contributed by atoms with E-state index in [1.54, 1.807) is 0 Å². The number of nitrogens with two attached hydrogens (primary N) is 1. The average molecular weight is 225 g/mol. The molecule has 0 spiro atoms. The van der Waals surface area contributed by atoms with Gasteiger partial charge in [-0.15, -0.1) is 0 Å². The van der Waals surface area contributed by atoms with Crippen LogP contribution in [0, 0.1) is 5.92 Å². The van der Waals surface area contributed by atoms with E-state index in [9.17, 15) is 9.59 Å². The highest BCUT2D eigenvalue weighted by Gasteiger charge is 2.22. The van der Waals surface area contributed by atoms with Gasteiger partial charge >= 0.3 is 0 Å². The molecule has 1 aliphatic heterocycles. The van der Waals surface area contributed by atoms with Gasteiger partial charge in [-0.05, 0) is 18.8 Å². The van der Waals surface area contributed by atoms with Gasteiger partial charge in [0.1, 0.15) is 6.04 Å². The van der Waals surface area contributed by atoms with Gasteiger partial charge in [0.2, 0.25) is 11.8 Å². The highest BCUT2D eigenvalue weighted by Crippen LogP contribution is 2.11. The van der Waals surface area contributed by atoms with E-state index in [2.05, 4.69) is 24.5 Å². The maximum Gasteiger partial charge on any atom is 0.246 e. The monoisotopic (exact) mass is 225 g/mol. The molecule has 0 aliphatic carbocycles. The molecule has 1 heterocycles. The first-order valence-corrected chi connectivity index (χ1v) is 5.53. The average Bonchev–Trinajstić information content (AvgIpc) is 2.15. The van der Waals surface area contributed by atoms with E-state index in [1.165, 1.54) is 0 Å². The Kier molecular flexibility index (Phi) is 4.34. The smallest absolute Gasteiger partial charge is 0.246 e. The summed E-state index contributed by atoms with van der Waals surface area (Å²) >= 11 is 0. The number of carbonyl (C=O) groups excluding carboxylic acids is 2. The van der Waals surface area contributed by atoms with Crippen molar-refractivity contribution < 1.29 is 9.59 Å². The van der Waals surface area contributed by atoms with Gasteiger partial charge in [0.05, 0.1) is 0 Å². The number of carbonyl (C=O) groups is 2. The third-order valence-electron chi connectivity index (χ3n) is 2.37. The van der Waals surface area contributed by atoms with Gasteiger partial charge in [0.15, 0.2) is 0 Å². The molecule has 5 nitrogen and oxygen atoms in total. The van der Waals surface area contributed by atoms with Gasteiger partial charge in [-0.2, -0.15) is 0 Å². The highest BCUT2D eigenvalue weighted by atomic mass is 16.2. The SMILES string of the molecule is CC(C)CC1=CN[C@@H](CCC(N)=O)C(=O)N1. The molecule has 0 unspecified atom stereocenters. The number of allylic oxidation sites excluding steroid dienone is 1. The predicted octanol–water partition coefficient (Wildman–Crippen LogP) is 0.227. The summed E-state index contributed by atoms with van der Waals surface area (Å²) in [6, 6.07) is -0.344. The molecular formula is C11H19N3O2. The van der Waals surface area contributed by atoms with Crippen LogP contribution >= 0.6 is 0 Å². The van der Waals surface area contributed by atoms with Crippen LogP contribution in [0.3, 0.4) is 0 Å². The van der Waals surface area contributed by atoms with Crippen LogP contribution in [0.1, 0.15) is 33.1 Å². The van der Waals surface area contributed by atoms with E-state index in [0.717, 1.165) is 12.1 Å². The normalized spacial score (nSPS) is 20.1. The fraction of sp³-hybridized carbons (Fsp3) is 0.636. The van der Waals surface area contributed by atoms with E-state index in [4.69, 9.17) is 5.73 Å². The second-order valence-electron chi connectivity index (χ2n) is 4.48. The van der Waals surface area contributed by atoms with Gasteiger partial charge in [0, 0.05) is 18.3 Å². The Balaban J connectivity index is 2.46. The maximum absolute atomic E-state index is 11.6. The lowest BCUT2D eigenvalue weighted by molar-refractivity contribution is -0.123. The summed E-state index contributed by atoms with van der Waals surface area (Å²) in [7, 11) is 0. The molecule has 0 saturated heterocycles. The van der Waals surface area contributed by atoms with Crippen molar-refractivity contribution in [1.29, 1.82) is 0 Å². The predicted molar refractivity (Wildman–Crippen MR) is 61.0 cm³/mol. The molecule has 0 radical (unpaired) electrons. The zero-order chi connectivity index (χ0) is 12.1. The van der Waals surface area contributed by atoms with Crippen LogP contribution < -0.4 is 16.4 Å². The minimum absolute atomic E-state index is 0.0839. The van der Waals surface area contributed by atoms with Gasteiger partial charge < -0.3 is 16.4 Å². The van der Waals surface area contributed by atoms with Crippen molar-refractivity contribution in [2.75, 3.05) is 0 Å². The van der Waals surface area contributed by atoms with E-state index in [0.29, 0.717) is 12.3 Å². The zero-order valence-electron chi connectivity index (χ0n) is 9.75. The van der Waals surface area contributed by atoms with Crippen molar-refractivity contribution in [1.82, 2.24) is 10.6 Å². The molecule has 0 aromatic rings.